The van der Waals surface area contributed by atoms with Crippen LogP contribution in [0, 0.1) is 11.8 Å². The summed E-state index contributed by atoms with van der Waals surface area (Å²) in [5.74, 6) is -18.6. The van der Waals surface area contributed by atoms with Crippen LogP contribution in [0.4, 0.5) is 17.1 Å². The van der Waals surface area contributed by atoms with E-state index in [1.165, 1.54) is 34.3 Å². The lowest BCUT2D eigenvalue weighted by molar-refractivity contribution is -0.143. The lowest BCUT2D eigenvalue weighted by Gasteiger charge is -2.32. The Balaban J connectivity index is 0.0000203. The molecule has 0 aliphatic carbocycles. The van der Waals surface area contributed by atoms with Gasteiger partial charge in [0.2, 0.25) is 96.8 Å². The van der Waals surface area contributed by atoms with Crippen molar-refractivity contribution in [2.45, 2.75) is 204 Å². The van der Waals surface area contributed by atoms with E-state index in [0.717, 1.165) is 35.3 Å². The smallest absolute Gasteiger partial charge is 0.305 e. The van der Waals surface area contributed by atoms with Crippen LogP contribution in [0.1, 0.15) is 118 Å². The SMILES string of the molecule is CNc1cc2cc(c1)CN1Cc3cc(cc(NC)c3)CN3Cc4cc(cc(NC)c4)CN(C2)S(=O)CCSC[C@H](NC(=O)[C@@H]2CCC[C@@H](O)[C@H](NC(=O)[C@@H](NC(=O)[C@H](C)N)CSCCS3(=O)=O)C(=O)N2)C(=O)N[C@@H](Cc2c[nH]c3ccccc23)C(=O)N[C@@H](C(C)C)C(=O)N[C@@H](CC(=O)O)C(=O)NCC(=O)N[C@@H](Cc2c[nH]c3ccccc23)C(=O)N[C@@H](C(C)C)C(=O)N2CCC[C@H]2C(=O)N[C@H](C(N)=O)CSCCS1(=O)=O.O. The number of fused-ring (bicyclic) bond motifs is 15. The lowest BCUT2D eigenvalue weighted by atomic mass is 9.97. The molecule has 2 fully saturated rings. The molecule has 0 radical (unpaired) electrons. The predicted molar refractivity (Wildman–Crippen MR) is 558 cm³/mol. The first-order chi connectivity index (χ1) is 69.0. The summed E-state index contributed by atoms with van der Waals surface area (Å²) in [4.78, 5) is 212. The molecule has 12 rings (SSSR count). The molecule has 50 heteroatoms. The molecule has 5 aromatic carbocycles. The highest BCUT2D eigenvalue weighted by atomic mass is 32.2. The van der Waals surface area contributed by atoms with E-state index in [4.69, 9.17) is 11.5 Å². The number of aliphatic carboxylic acids is 1. The first kappa shape index (κ1) is 114. The number of primary amides is 1. The maximum atomic E-state index is 15.8. The van der Waals surface area contributed by atoms with Gasteiger partial charge in [-0.1, -0.05) is 82.3 Å². The second-order valence-corrected chi connectivity index (χ2v) is 46.5. The van der Waals surface area contributed by atoms with Gasteiger partial charge in [0.1, 0.15) is 66.5 Å². The molecular weight excluding hydrogens is 2010 g/mol. The number of benzene rings is 5. The molecule has 5 aliphatic heterocycles. The van der Waals surface area contributed by atoms with E-state index in [2.05, 4.69) is 84.4 Å². The van der Waals surface area contributed by atoms with Crippen LogP contribution >= 0.6 is 35.3 Å². The van der Waals surface area contributed by atoms with Gasteiger partial charge in [0.05, 0.1) is 47.6 Å². The highest BCUT2D eigenvalue weighted by Crippen LogP contribution is 2.32. The zero-order chi connectivity index (χ0) is 105. The number of aromatic amines is 2. The standard InChI is InChI=1S/C96H130N22O21S6.H2O/c1-53(2)82-94(132)108-74(40-81(121)122)87(125)104-43-80(120)105-72(38-62-41-102-69-17-11-9-15-67(62)69)89(127)113-83(54(3)4)96(134)118-22-14-20-78(118)93(131)109-75(85(98)123)50-141-24-27-144(136,137)116-46-58-29-56(32-64(34-58)99-6)44-115-45-57-30-59(35-65(33-57)100-7)47-117(49-61-31-60(48-116)36-66(37-61)101-8)145(138,139)28-25-142-52-77(110-86(124)55(5)97)92(130)114-84-79(119)21-13-19-71(106-95(84)133)88(126)111-76(51-140-23-26-143(115)135)91(129)107-73(90(128)112-82)39-63-42-103-70-18-12-10-16-68(63)70;/h9-12,15-18,29-37,41-42,53-55,71-79,82-84,99-103,119H,13-14,19-28,38-40,43-52,97H2,1-8H3,(H2,98,123)(H,104,125)(H,105,120)(H,106,133)(H,107,129)(H,108,132)(H,109,131)(H,110,124)(H,111,126)(H,112,128)(H,113,127)(H,114,130)(H,121,122);1H2/t55-,71-,72-,73-,74-,75-,76-,77-,78-,79+,82-,83-,84-,143?;/m0./s1. The number of H-pyrrole nitrogens is 2. The minimum absolute atomic E-state index is 0. The Bertz CT molecular complexity index is 6190. The highest BCUT2D eigenvalue weighted by Gasteiger charge is 2.44. The summed E-state index contributed by atoms with van der Waals surface area (Å²) in [5.41, 5.74) is 18.6. The number of aliphatic hydroxyl groups is 1. The number of aromatic nitrogens is 2. The predicted octanol–water partition coefficient (Wildman–Crippen LogP) is -0.576. The Kier molecular flexibility index (Phi) is 41.2. The number of para-hydroxylation sites is 2. The van der Waals surface area contributed by atoms with E-state index < -0.39 is 229 Å². The van der Waals surface area contributed by atoms with Crippen molar-refractivity contribution in [3.05, 3.63) is 160 Å². The molecule has 2 aromatic heterocycles. The summed E-state index contributed by atoms with van der Waals surface area (Å²) in [7, 11) is -5.98. The van der Waals surface area contributed by atoms with Crippen LogP contribution in [-0.2, 0) is 150 Å². The van der Waals surface area contributed by atoms with Gasteiger partial charge in [-0.25, -0.2) is 25.3 Å². The molecule has 4 unspecified atom stereocenters. The molecule has 24 N–H and O–H groups in total. The van der Waals surface area contributed by atoms with Gasteiger partial charge in [-0.2, -0.15) is 43.9 Å². The Morgan fingerprint density at radius 3 is 1.50 bits per heavy atom. The number of hydrogen-bond donors (Lipinski definition) is 20. The Morgan fingerprint density at radius 2 is 0.993 bits per heavy atom. The molecule has 44 nitrogen and oxygen atoms in total. The number of aliphatic hydroxyl groups excluding tert-OH is 1. The van der Waals surface area contributed by atoms with Crippen molar-refractivity contribution in [1.82, 2.24) is 86.3 Å². The molecule has 794 valence electrons. The Morgan fingerprint density at radius 1 is 0.514 bits per heavy atom. The number of amides is 13. The molecule has 0 spiro atoms. The van der Waals surface area contributed by atoms with E-state index in [9.17, 15) is 53.4 Å². The number of thioether (sulfide) groups is 3. The molecule has 17 atom stereocenters. The fraction of sp³-hybridized carbons (Fsp3) is 0.500. The fourth-order valence-electron chi connectivity index (χ4n) is 17.8. The number of anilines is 3. The number of sulfonamides is 2. The number of hydrogen-bond acceptors (Lipinski definition) is 27. The van der Waals surface area contributed by atoms with E-state index >= 15 is 45.0 Å². The van der Waals surface area contributed by atoms with E-state index in [0.29, 0.717) is 89.8 Å². The lowest BCUT2D eigenvalue weighted by Crippen LogP contribution is -2.63. The van der Waals surface area contributed by atoms with Crippen LogP contribution in [0.5, 0.6) is 0 Å². The van der Waals surface area contributed by atoms with Gasteiger partial charge in [-0.15, -0.1) is 0 Å². The van der Waals surface area contributed by atoms with Crippen molar-refractivity contribution in [1.29, 1.82) is 0 Å². The molecule has 2 saturated heterocycles. The number of nitrogens with one attached hydrogen (secondary N) is 16. The summed E-state index contributed by atoms with van der Waals surface area (Å²) in [5, 5.41) is 61.7. The molecule has 12 bridgehead atoms. The van der Waals surface area contributed by atoms with Crippen molar-refractivity contribution >= 4 is 188 Å². The van der Waals surface area contributed by atoms with Gasteiger partial charge >= 0.3 is 5.97 Å². The van der Waals surface area contributed by atoms with E-state index in [-0.39, 0.29) is 130 Å². The van der Waals surface area contributed by atoms with Crippen molar-refractivity contribution in [3.8, 4) is 0 Å². The van der Waals surface area contributed by atoms with Gasteiger partial charge in [-0.3, -0.25) is 67.1 Å². The van der Waals surface area contributed by atoms with Crippen LogP contribution in [-0.4, -0.2) is 312 Å². The van der Waals surface area contributed by atoms with Crippen LogP contribution < -0.4 is 85.9 Å². The summed E-state index contributed by atoms with van der Waals surface area (Å²) < 4.78 is 82.3. The normalized spacial score (nSPS) is 26.4. The minimum atomic E-state index is -4.47. The van der Waals surface area contributed by atoms with Crippen molar-refractivity contribution in [2.24, 2.45) is 23.3 Å². The van der Waals surface area contributed by atoms with Crippen molar-refractivity contribution in [2.75, 3.05) is 102 Å². The van der Waals surface area contributed by atoms with Gasteiger partial charge in [0.15, 0.2) is 0 Å². The third-order valence-electron chi connectivity index (χ3n) is 25.6. The number of carbonyl (C=O) groups excluding carboxylic acids is 13. The van der Waals surface area contributed by atoms with Gasteiger partial charge in [0, 0.05) is 171 Å². The molecule has 7 heterocycles. The number of nitrogens with two attached hydrogens (primary N) is 2. The van der Waals surface area contributed by atoms with E-state index in [1.54, 1.807) is 155 Å². The van der Waals surface area contributed by atoms with Crippen LogP contribution in [0.2, 0.25) is 0 Å². The fourth-order valence-corrected chi connectivity index (χ4v) is 26.2. The third kappa shape index (κ3) is 31.1. The summed E-state index contributed by atoms with van der Waals surface area (Å²) in [6.45, 7) is 5.29. The van der Waals surface area contributed by atoms with E-state index in [1.807, 2.05) is 0 Å². The second-order valence-electron chi connectivity index (χ2n) is 37.3. The van der Waals surface area contributed by atoms with Crippen LogP contribution in [0.15, 0.2) is 116 Å². The zero-order valence-corrected chi connectivity index (χ0v) is 87.3. The zero-order valence-electron chi connectivity index (χ0n) is 82.4. The number of carbonyl (C=O) groups is 14. The van der Waals surface area contributed by atoms with Gasteiger partial charge in [0.25, 0.3) is 0 Å². The minimum Gasteiger partial charge on any atom is -0.481 e. The quantitative estimate of drug-likeness (QED) is 0.0648. The number of rotatable bonds is 14. The second kappa shape index (κ2) is 52.6. The van der Waals surface area contributed by atoms with Gasteiger partial charge < -0.3 is 116 Å². The average molecular weight is 2140 g/mol. The molecule has 146 heavy (non-hydrogen) atoms. The largest absolute Gasteiger partial charge is 0.481 e. The summed E-state index contributed by atoms with van der Waals surface area (Å²) in [6, 6.07) is 11.2. The highest BCUT2D eigenvalue weighted by molar-refractivity contribution is 8.01. The third-order valence-corrected chi connectivity index (χ3v) is 34.5. The maximum Gasteiger partial charge on any atom is 0.305 e. The van der Waals surface area contributed by atoms with Crippen molar-refractivity contribution < 1.29 is 104 Å². The first-order valence-electron chi connectivity index (χ1n) is 47.9. The molecule has 7 aromatic rings. The summed E-state index contributed by atoms with van der Waals surface area (Å²) >= 11 is 2.97. The maximum absolute atomic E-state index is 15.8. The number of nitrogens with zero attached hydrogens (tertiary/aromatic N) is 4. The van der Waals surface area contributed by atoms with Crippen LogP contribution in [0.3, 0.4) is 0 Å². The van der Waals surface area contributed by atoms with Crippen LogP contribution in [0.25, 0.3) is 21.8 Å². The monoisotopic (exact) mass is 2140 g/mol. The topological polar surface area (TPSA) is 661 Å². The number of carboxylic acid groups (broad SMARTS) is 1. The molecular formula is C96H132N22O22S6. The summed E-state index contributed by atoms with van der Waals surface area (Å²) in [6.07, 6.45) is -0.00287. The first-order valence-corrected chi connectivity index (χ1v) is 55.9. The average Bonchev–Trinajstić information content (AvgIpc) is 1.34. The molecule has 5 aliphatic rings. The van der Waals surface area contributed by atoms with Crippen molar-refractivity contribution in [3.63, 3.8) is 0 Å². The Labute approximate surface area is 861 Å². The Hall–Kier alpha value is -12.0. The molecule has 0 saturated carbocycles. The van der Waals surface area contributed by atoms with Gasteiger partial charge in [-0.05, 0) is 144 Å². The molecule has 13 amide bonds. The number of carboxylic acids is 1.